The van der Waals surface area contributed by atoms with E-state index < -0.39 is 0 Å². The summed E-state index contributed by atoms with van der Waals surface area (Å²) in [5.74, 6) is 1.17. The van der Waals surface area contributed by atoms with Crippen molar-refractivity contribution in [1.82, 2.24) is 0 Å². The van der Waals surface area contributed by atoms with Gasteiger partial charge >= 0.3 is 0 Å². The summed E-state index contributed by atoms with van der Waals surface area (Å²) in [5, 5.41) is 0. The summed E-state index contributed by atoms with van der Waals surface area (Å²) in [6.45, 7) is 7.90. The van der Waals surface area contributed by atoms with Gasteiger partial charge in [0.25, 0.3) is 0 Å². The fourth-order valence-corrected chi connectivity index (χ4v) is 2.21. The van der Waals surface area contributed by atoms with Crippen molar-refractivity contribution >= 4 is 17.5 Å². The molecule has 2 nitrogen and oxygen atoms in total. The van der Waals surface area contributed by atoms with Crippen molar-refractivity contribution in [1.29, 1.82) is 0 Å². The van der Waals surface area contributed by atoms with E-state index in [2.05, 4.69) is 20.8 Å². The molecule has 1 rings (SSSR count). The summed E-state index contributed by atoms with van der Waals surface area (Å²) in [6.07, 6.45) is 2.06. The number of ketones is 1. The van der Waals surface area contributed by atoms with E-state index in [0.717, 1.165) is 19.4 Å². The number of ether oxygens (including phenoxy) is 1. The second kappa shape index (κ2) is 5.17. The van der Waals surface area contributed by atoms with Crippen LogP contribution in [0.25, 0.3) is 0 Å². The minimum atomic E-state index is 0.165. The van der Waals surface area contributed by atoms with E-state index in [0.29, 0.717) is 18.1 Å². The Labute approximate surface area is 90.8 Å². The van der Waals surface area contributed by atoms with E-state index >= 15 is 0 Å². The second-order valence-electron chi connectivity index (χ2n) is 4.78. The van der Waals surface area contributed by atoms with E-state index in [4.69, 9.17) is 4.74 Å². The van der Waals surface area contributed by atoms with Gasteiger partial charge in [0.1, 0.15) is 5.78 Å². The van der Waals surface area contributed by atoms with Gasteiger partial charge in [-0.05, 0) is 12.8 Å². The normalized spacial score (nSPS) is 23.5. The molecule has 0 N–H and O–H groups in total. The Balaban J connectivity index is 2.27. The monoisotopic (exact) mass is 216 g/mol. The topological polar surface area (TPSA) is 26.3 Å². The highest BCUT2D eigenvalue weighted by molar-refractivity contribution is 8.01. The molecule has 0 aromatic rings. The van der Waals surface area contributed by atoms with Crippen LogP contribution in [0.2, 0.25) is 0 Å². The van der Waals surface area contributed by atoms with Crippen molar-refractivity contribution < 1.29 is 9.53 Å². The standard InChI is InChI=1S/C11H20O2S/c1-11(2,3)14-8-10(12)9-5-4-6-13-7-9/h9H,4-8H2,1-3H3. The van der Waals surface area contributed by atoms with Crippen LogP contribution in [0.3, 0.4) is 0 Å². The maximum absolute atomic E-state index is 11.7. The highest BCUT2D eigenvalue weighted by Crippen LogP contribution is 2.25. The van der Waals surface area contributed by atoms with Crippen molar-refractivity contribution in [3.63, 3.8) is 0 Å². The molecule has 0 saturated carbocycles. The lowest BCUT2D eigenvalue weighted by atomic mass is 9.99. The van der Waals surface area contributed by atoms with Crippen molar-refractivity contribution in [3.8, 4) is 0 Å². The SMILES string of the molecule is CC(C)(C)SCC(=O)C1CCCOC1. The number of Topliss-reactive ketones (excluding diaryl/α,β-unsaturated/α-hetero) is 1. The first-order valence-electron chi connectivity index (χ1n) is 5.23. The van der Waals surface area contributed by atoms with E-state index in [9.17, 15) is 4.79 Å². The average Bonchev–Trinajstić information content (AvgIpc) is 2.14. The highest BCUT2D eigenvalue weighted by Gasteiger charge is 2.23. The molecule has 0 spiro atoms. The molecular weight excluding hydrogens is 196 g/mol. The van der Waals surface area contributed by atoms with E-state index in [1.165, 1.54) is 0 Å². The number of carbonyl (C=O) groups excluding carboxylic acids is 1. The number of carbonyl (C=O) groups is 1. The fourth-order valence-electron chi connectivity index (χ4n) is 1.40. The summed E-state index contributed by atoms with van der Waals surface area (Å²) < 4.78 is 5.49. The van der Waals surface area contributed by atoms with Crippen molar-refractivity contribution in [2.75, 3.05) is 19.0 Å². The van der Waals surface area contributed by atoms with Gasteiger partial charge in [0, 0.05) is 17.3 Å². The molecule has 1 aliphatic heterocycles. The maximum Gasteiger partial charge on any atom is 0.148 e. The fraction of sp³-hybridized carbons (Fsp3) is 0.909. The molecule has 14 heavy (non-hydrogen) atoms. The molecule has 3 heteroatoms. The molecule has 0 aliphatic carbocycles. The third-order valence-electron chi connectivity index (χ3n) is 2.26. The minimum absolute atomic E-state index is 0.165. The Morgan fingerprint density at radius 2 is 2.21 bits per heavy atom. The molecule has 0 aromatic carbocycles. The Bertz CT molecular complexity index is 190. The number of rotatable bonds is 3. The number of hydrogen-bond donors (Lipinski definition) is 0. The first kappa shape index (κ1) is 12.1. The summed E-state index contributed by atoms with van der Waals surface area (Å²) in [6, 6.07) is 0. The van der Waals surface area contributed by atoms with Crippen LogP contribution in [-0.4, -0.2) is 29.5 Å². The van der Waals surface area contributed by atoms with Crippen molar-refractivity contribution in [2.45, 2.75) is 38.4 Å². The van der Waals surface area contributed by atoms with Crippen LogP contribution in [0, 0.1) is 5.92 Å². The molecule has 1 fully saturated rings. The molecule has 1 saturated heterocycles. The molecule has 0 radical (unpaired) electrons. The van der Waals surface area contributed by atoms with Gasteiger partial charge in [-0.1, -0.05) is 20.8 Å². The van der Waals surface area contributed by atoms with Crippen molar-refractivity contribution in [3.05, 3.63) is 0 Å². The van der Waals surface area contributed by atoms with Crippen LogP contribution >= 0.6 is 11.8 Å². The highest BCUT2D eigenvalue weighted by atomic mass is 32.2. The Kier molecular flexibility index (Phi) is 4.45. The van der Waals surface area contributed by atoms with Crippen LogP contribution in [0.4, 0.5) is 0 Å². The lowest BCUT2D eigenvalue weighted by Gasteiger charge is -2.23. The predicted octanol–water partition coefficient (Wildman–Crippen LogP) is 2.51. The lowest BCUT2D eigenvalue weighted by Crippen LogP contribution is -2.27. The van der Waals surface area contributed by atoms with Gasteiger partial charge in [-0.25, -0.2) is 0 Å². The molecular formula is C11H20O2S. The van der Waals surface area contributed by atoms with Crippen molar-refractivity contribution in [2.24, 2.45) is 5.92 Å². The van der Waals surface area contributed by atoms with Crippen LogP contribution < -0.4 is 0 Å². The third kappa shape index (κ3) is 4.47. The predicted molar refractivity (Wildman–Crippen MR) is 60.8 cm³/mol. The summed E-state index contributed by atoms with van der Waals surface area (Å²) in [7, 11) is 0. The molecule has 1 atom stereocenters. The smallest absolute Gasteiger partial charge is 0.148 e. The van der Waals surface area contributed by atoms with Crippen LogP contribution in [0.5, 0.6) is 0 Å². The first-order valence-corrected chi connectivity index (χ1v) is 6.22. The molecule has 0 aromatic heterocycles. The van der Waals surface area contributed by atoms with Gasteiger partial charge in [-0.2, -0.15) is 0 Å². The van der Waals surface area contributed by atoms with Gasteiger partial charge in [-0.15, -0.1) is 11.8 Å². The van der Waals surface area contributed by atoms with E-state index in [1.807, 2.05) is 0 Å². The van der Waals surface area contributed by atoms with Crippen LogP contribution in [0.15, 0.2) is 0 Å². The van der Waals surface area contributed by atoms with E-state index in [-0.39, 0.29) is 10.7 Å². The van der Waals surface area contributed by atoms with Crippen LogP contribution in [-0.2, 0) is 9.53 Å². The summed E-state index contributed by atoms with van der Waals surface area (Å²) >= 11 is 1.73. The Hall–Kier alpha value is -0.0200. The zero-order chi connectivity index (χ0) is 10.6. The molecule has 1 unspecified atom stereocenters. The molecule has 1 heterocycles. The number of hydrogen-bond acceptors (Lipinski definition) is 3. The maximum atomic E-state index is 11.7. The molecule has 1 aliphatic rings. The molecule has 82 valence electrons. The van der Waals surface area contributed by atoms with Gasteiger partial charge in [0.05, 0.1) is 12.4 Å². The van der Waals surface area contributed by atoms with E-state index in [1.54, 1.807) is 11.8 Å². The zero-order valence-corrected chi connectivity index (χ0v) is 10.2. The Morgan fingerprint density at radius 3 is 2.71 bits per heavy atom. The summed E-state index contributed by atoms with van der Waals surface area (Å²) in [4.78, 5) is 11.7. The first-order chi connectivity index (χ1) is 6.49. The van der Waals surface area contributed by atoms with Gasteiger partial charge < -0.3 is 4.74 Å². The quantitative estimate of drug-likeness (QED) is 0.725. The zero-order valence-electron chi connectivity index (χ0n) is 9.34. The average molecular weight is 216 g/mol. The summed E-state index contributed by atoms with van der Waals surface area (Å²) in [5.41, 5.74) is 0. The Morgan fingerprint density at radius 1 is 1.50 bits per heavy atom. The lowest BCUT2D eigenvalue weighted by molar-refractivity contribution is -0.124. The van der Waals surface area contributed by atoms with Gasteiger partial charge in [0.15, 0.2) is 0 Å². The largest absolute Gasteiger partial charge is 0.381 e. The minimum Gasteiger partial charge on any atom is -0.381 e. The number of thioether (sulfide) groups is 1. The molecule has 0 bridgehead atoms. The third-order valence-corrected chi connectivity index (χ3v) is 3.56. The second-order valence-corrected chi connectivity index (χ2v) is 6.58. The van der Waals surface area contributed by atoms with Crippen LogP contribution in [0.1, 0.15) is 33.6 Å². The van der Waals surface area contributed by atoms with Gasteiger partial charge in [0.2, 0.25) is 0 Å². The molecule has 0 amide bonds. The van der Waals surface area contributed by atoms with Gasteiger partial charge in [-0.3, -0.25) is 4.79 Å².